The van der Waals surface area contributed by atoms with E-state index in [0.717, 1.165) is 18.7 Å². The predicted octanol–water partition coefficient (Wildman–Crippen LogP) is 1.95. The fourth-order valence-electron chi connectivity index (χ4n) is 2.61. The van der Waals surface area contributed by atoms with E-state index in [1.54, 1.807) is 6.20 Å². The van der Waals surface area contributed by atoms with E-state index in [9.17, 15) is 0 Å². The van der Waals surface area contributed by atoms with Gasteiger partial charge in [0.2, 0.25) is 0 Å². The van der Waals surface area contributed by atoms with Gasteiger partial charge in [-0.2, -0.15) is 0 Å². The largest absolute Gasteiger partial charge is 0.314 e. The van der Waals surface area contributed by atoms with E-state index < -0.39 is 0 Å². The van der Waals surface area contributed by atoms with Crippen LogP contribution in [0.2, 0.25) is 0 Å². The van der Waals surface area contributed by atoms with Crippen LogP contribution in [-0.2, 0) is 6.42 Å². The molecule has 1 aliphatic rings. The maximum absolute atomic E-state index is 4.09. The zero-order chi connectivity index (χ0) is 12.2. The van der Waals surface area contributed by atoms with Gasteiger partial charge in [0.1, 0.15) is 0 Å². The number of piperidine rings is 1. The summed E-state index contributed by atoms with van der Waals surface area (Å²) in [6.07, 6.45) is 8.59. The SMILES string of the molecule is c1ccc(-n2ccnn2)c(CC2CCCCN2)c1. The monoisotopic (exact) mass is 242 g/mol. The van der Waals surface area contributed by atoms with Crippen LogP contribution >= 0.6 is 0 Å². The Bertz CT molecular complexity index is 486. The van der Waals surface area contributed by atoms with E-state index in [2.05, 4.69) is 39.9 Å². The topological polar surface area (TPSA) is 42.7 Å². The highest BCUT2D eigenvalue weighted by atomic mass is 15.4. The molecule has 18 heavy (non-hydrogen) atoms. The molecule has 4 heteroatoms. The van der Waals surface area contributed by atoms with Crippen LogP contribution in [0.4, 0.5) is 0 Å². The van der Waals surface area contributed by atoms with Crippen LogP contribution in [0.1, 0.15) is 24.8 Å². The summed E-state index contributed by atoms with van der Waals surface area (Å²) in [5.74, 6) is 0. The van der Waals surface area contributed by atoms with Gasteiger partial charge in [-0.05, 0) is 37.4 Å². The number of nitrogens with one attached hydrogen (secondary N) is 1. The van der Waals surface area contributed by atoms with E-state index in [4.69, 9.17) is 0 Å². The number of benzene rings is 1. The van der Waals surface area contributed by atoms with Crippen molar-refractivity contribution < 1.29 is 0 Å². The summed E-state index contributed by atoms with van der Waals surface area (Å²) in [4.78, 5) is 0. The molecule has 1 fully saturated rings. The Morgan fingerprint density at radius 1 is 1.28 bits per heavy atom. The second kappa shape index (κ2) is 5.31. The second-order valence-corrected chi connectivity index (χ2v) is 4.83. The first-order chi connectivity index (χ1) is 8.93. The molecule has 0 saturated carbocycles. The molecule has 1 unspecified atom stereocenters. The van der Waals surface area contributed by atoms with Gasteiger partial charge < -0.3 is 5.32 Å². The number of hydrogen-bond donors (Lipinski definition) is 1. The zero-order valence-electron chi connectivity index (χ0n) is 10.4. The highest BCUT2D eigenvalue weighted by Crippen LogP contribution is 2.18. The second-order valence-electron chi connectivity index (χ2n) is 4.83. The van der Waals surface area contributed by atoms with Crippen molar-refractivity contribution in [2.45, 2.75) is 31.7 Å². The van der Waals surface area contributed by atoms with Crippen LogP contribution in [0.15, 0.2) is 36.7 Å². The minimum absolute atomic E-state index is 0.600. The Morgan fingerprint density at radius 2 is 2.22 bits per heavy atom. The van der Waals surface area contributed by atoms with Gasteiger partial charge in [-0.1, -0.05) is 29.8 Å². The summed E-state index contributed by atoms with van der Waals surface area (Å²) in [7, 11) is 0. The predicted molar refractivity (Wildman–Crippen MR) is 70.7 cm³/mol. The van der Waals surface area contributed by atoms with Crippen molar-refractivity contribution in [2.24, 2.45) is 0 Å². The third-order valence-corrected chi connectivity index (χ3v) is 3.54. The molecule has 1 saturated heterocycles. The Kier molecular flexibility index (Phi) is 3.37. The Morgan fingerprint density at radius 3 is 3.00 bits per heavy atom. The van der Waals surface area contributed by atoms with E-state index >= 15 is 0 Å². The van der Waals surface area contributed by atoms with E-state index in [0.29, 0.717) is 6.04 Å². The summed E-state index contributed by atoms with van der Waals surface area (Å²) in [6, 6.07) is 9.04. The molecular weight excluding hydrogens is 224 g/mol. The lowest BCUT2D eigenvalue weighted by Gasteiger charge is -2.24. The molecule has 0 bridgehead atoms. The quantitative estimate of drug-likeness (QED) is 0.894. The smallest absolute Gasteiger partial charge is 0.0697 e. The van der Waals surface area contributed by atoms with Gasteiger partial charge in [-0.25, -0.2) is 4.68 Å². The molecule has 1 N–H and O–H groups in total. The van der Waals surface area contributed by atoms with Gasteiger partial charge in [0.05, 0.1) is 18.1 Å². The average molecular weight is 242 g/mol. The molecule has 2 aromatic rings. The summed E-state index contributed by atoms with van der Waals surface area (Å²) in [5, 5.41) is 11.6. The van der Waals surface area contributed by atoms with E-state index in [-0.39, 0.29) is 0 Å². The number of nitrogens with zero attached hydrogens (tertiary/aromatic N) is 3. The first-order valence-electron chi connectivity index (χ1n) is 6.61. The lowest BCUT2D eigenvalue weighted by atomic mass is 9.97. The van der Waals surface area contributed by atoms with Crippen molar-refractivity contribution in [3.63, 3.8) is 0 Å². The van der Waals surface area contributed by atoms with Crippen LogP contribution in [0, 0.1) is 0 Å². The van der Waals surface area contributed by atoms with Crippen LogP contribution in [0.3, 0.4) is 0 Å². The van der Waals surface area contributed by atoms with Crippen molar-refractivity contribution in [1.82, 2.24) is 20.3 Å². The van der Waals surface area contributed by atoms with Crippen molar-refractivity contribution in [3.05, 3.63) is 42.2 Å². The minimum Gasteiger partial charge on any atom is -0.314 e. The normalized spacial score (nSPS) is 19.9. The molecule has 1 aliphatic heterocycles. The van der Waals surface area contributed by atoms with Crippen molar-refractivity contribution in [1.29, 1.82) is 0 Å². The number of aromatic nitrogens is 3. The molecular formula is C14H18N4. The highest BCUT2D eigenvalue weighted by Gasteiger charge is 2.15. The Labute approximate surface area is 107 Å². The van der Waals surface area contributed by atoms with Gasteiger partial charge in [-0.3, -0.25) is 0 Å². The summed E-state index contributed by atoms with van der Waals surface area (Å²) >= 11 is 0. The van der Waals surface area contributed by atoms with Crippen LogP contribution in [-0.4, -0.2) is 27.6 Å². The standard InChI is InChI=1S/C14H18N4/c1-2-7-14(18-10-9-16-17-18)12(5-1)11-13-6-3-4-8-15-13/h1-2,5,7,9-10,13,15H,3-4,6,8,11H2. The van der Waals surface area contributed by atoms with Gasteiger partial charge >= 0.3 is 0 Å². The summed E-state index contributed by atoms with van der Waals surface area (Å²) in [5.41, 5.74) is 2.48. The maximum atomic E-state index is 4.09. The van der Waals surface area contributed by atoms with Crippen LogP contribution < -0.4 is 5.32 Å². The number of rotatable bonds is 3. The van der Waals surface area contributed by atoms with Crippen molar-refractivity contribution >= 4 is 0 Å². The maximum Gasteiger partial charge on any atom is 0.0697 e. The lowest BCUT2D eigenvalue weighted by molar-refractivity contribution is 0.399. The van der Waals surface area contributed by atoms with Gasteiger partial charge in [0.25, 0.3) is 0 Å². The molecule has 3 rings (SSSR count). The van der Waals surface area contributed by atoms with Crippen molar-refractivity contribution in [3.8, 4) is 5.69 Å². The lowest BCUT2D eigenvalue weighted by Crippen LogP contribution is -2.35. The molecule has 94 valence electrons. The van der Waals surface area contributed by atoms with Gasteiger partial charge in [0.15, 0.2) is 0 Å². The number of hydrogen-bond acceptors (Lipinski definition) is 3. The minimum atomic E-state index is 0.600. The first-order valence-corrected chi connectivity index (χ1v) is 6.61. The van der Waals surface area contributed by atoms with Gasteiger partial charge in [0, 0.05) is 6.04 Å². The van der Waals surface area contributed by atoms with Crippen LogP contribution in [0.25, 0.3) is 5.69 Å². The Balaban J connectivity index is 1.83. The first kappa shape index (κ1) is 11.4. The van der Waals surface area contributed by atoms with E-state index in [1.165, 1.54) is 24.8 Å². The summed E-state index contributed by atoms with van der Waals surface area (Å²) in [6.45, 7) is 1.15. The van der Waals surface area contributed by atoms with Crippen molar-refractivity contribution in [2.75, 3.05) is 6.54 Å². The fourth-order valence-corrected chi connectivity index (χ4v) is 2.61. The molecule has 2 heterocycles. The van der Waals surface area contributed by atoms with Gasteiger partial charge in [-0.15, -0.1) is 5.10 Å². The molecule has 0 spiro atoms. The zero-order valence-corrected chi connectivity index (χ0v) is 10.4. The number of para-hydroxylation sites is 1. The molecule has 0 amide bonds. The average Bonchev–Trinajstić information content (AvgIpc) is 2.94. The Hall–Kier alpha value is -1.68. The molecule has 0 aliphatic carbocycles. The van der Waals surface area contributed by atoms with Crippen LogP contribution in [0.5, 0.6) is 0 Å². The molecule has 0 radical (unpaired) electrons. The molecule has 4 nitrogen and oxygen atoms in total. The summed E-state index contributed by atoms with van der Waals surface area (Å²) < 4.78 is 1.85. The third-order valence-electron chi connectivity index (χ3n) is 3.54. The fraction of sp³-hybridized carbons (Fsp3) is 0.429. The molecule has 1 aromatic heterocycles. The molecule has 1 aromatic carbocycles. The highest BCUT2D eigenvalue weighted by molar-refractivity contribution is 5.40. The third kappa shape index (κ3) is 2.43. The van der Waals surface area contributed by atoms with E-state index in [1.807, 2.05) is 10.9 Å². The molecule has 1 atom stereocenters.